The number of rotatable bonds is 9. The highest BCUT2D eigenvalue weighted by atomic mass is 32.2. The SMILES string of the molecule is CNc1cc(-c2ccccc2CN)n(S(=O)(=O)CC=Cc2cccnc2)c1.O=C(O)c1cccc(C(=O)O)c1. The number of aromatic carboxylic acids is 2. The molecule has 2 aromatic carbocycles. The first-order valence-corrected chi connectivity index (χ1v) is 13.3. The Kier molecular flexibility index (Phi) is 9.74. The summed E-state index contributed by atoms with van der Waals surface area (Å²) in [5.74, 6) is -2.38. The summed E-state index contributed by atoms with van der Waals surface area (Å²) < 4.78 is 27.3. The first kappa shape index (κ1) is 28.8. The number of pyridine rings is 1. The maximum atomic E-state index is 13.0. The summed E-state index contributed by atoms with van der Waals surface area (Å²) in [5, 5.41) is 20.0. The van der Waals surface area contributed by atoms with Gasteiger partial charge < -0.3 is 21.3 Å². The van der Waals surface area contributed by atoms with Gasteiger partial charge in [0.1, 0.15) is 0 Å². The van der Waals surface area contributed by atoms with Crippen LogP contribution in [0.15, 0.2) is 91.4 Å². The minimum atomic E-state index is -3.59. The molecular formula is C28H28N4O6S. The molecule has 0 atom stereocenters. The molecule has 0 aliphatic heterocycles. The largest absolute Gasteiger partial charge is 0.478 e. The average Bonchev–Trinajstić information content (AvgIpc) is 3.39. The number of hydrogen-bond donors (Lipinski definition) is 4. The molecule has 0 spiro atoms. The molecule has 0 fully saturated rings. The molecule has 0 saturated carbocycles. The fourth-order valence-electron chi connectivity index (χ4n) is 3.60. The second kappa shape index (κ2) is 13.2. The van der Waals surface area contributed by atoms with Crippen molar-refractivity contribution in [2.45, 2.75) is 6.54 Å². The van der Waals surface area contributed by atoms with Crippen molar-refractivity contribution in [2.75, 3.05) is 18.1 Å². The number of nitrogens with zero attached hydrogens (tertiary/aromatic N) is 2. The molecule has 4 rings (SSSR count). The summed E-state index contributed by atoms with van der Waals surface area (Å²) in [6.45, 7) is 0.331. The van der Waals surface area contributed by atoms with E-state index in [9.17, 15) is 18.0 Å². The highest BCUT2D eigenvalue weighted by molar-refractivity contribution is 7.90. The predicted molar refractivity (Wildman–Crippen MR) is 150 cm³/mol. The molecule has 11 heteroatoms. The van der Waals surface area contributed by atoms with Gasteiger partial charge in [-0.15, -0.1) is 0 Å². The molecule has 5 N–H and O–H groups in total. The number of nitrogens with two attached hydrogens (primary N) is 1. The molecule has 0 saturated heterocycles. The highest BCUT2D eigenvalue weighted by Crippen LogP contribution is 2.29. The average molecular weight is 549 g/mol. The van der Waals surface area contributed by atoms with Gasteiger partial charge in [-0.2, -0.15) is 0 Å². The van der Waals surface area contributed by atoms with E-state index in [1.807, 2.05) is 36.4 Å². The molecule has 2 heterocycles. The number of aromatic nitrogens is 2. The summed E-state index contributed by atoms with van der Waals surface area (Å²) in [6.07, 6.45) is 8.33. The number of hydrogen-bond acceptors (Lipinski definition) is 7. The van der Waals surface area contributed by atoms with E-state index >= 15 is 0 Å². The highest BCUT2D eigenvalue weighted by Gasteiger charge is 2.19. The molecule has 0 unspecified atom stereocenters. The number of anilines is 1. The summed E-state index contributed by atoms with van der Waals surface area (Å²) in [4.78, 5) is 24.8. The van der Waals surface area contributed by atoms with Gasteiger partial charge in [0.15, 0.2) is 0 Å². The molecule has 10 nitrogen and oxygen atoms in total. The molecular weight excluding hydrogens is 520 g/mol. The van der Waals surface area contributed by atoms with Crippen LogP contribution >= 0.6 is 0 Å². The van der Waals surface area contributed by atoms with Crippen LogP contribution in [0.1, 0.15) is 31.8 Å². The predicted octanol–water partition coefficient (Wildman–Crippen LogP) is 4.02. The lowest BCUT2D eigenvalue weighted by atomic mass is 10.1. The Morgan fingerprint density at radius 3 is 2.28 bits per heavy atom. The smallest absolute Gasteiger partial charge is 0.335 e. The van der Waals surface area contributed by atoms with E-state index in [1.165, 1.54) is 22.2 Å². The van der Waals surface area contributed by atoms with Crippen LogP contribution in [0.5, 0.6) is 0 Å². The summed E-state index contributed by atoms with van der Waals surface area (Å²) in [7, 11) is -1.84. The quantitative estimate of drug-likeness (QED) is 0.242. The fourth-order valence-corrected chi connectivity index (χ4v) is 4.83. The van der Waals surface area contributed by atoms with Crippen molar-refractivity contribution in [3.05, 3.63) is 114 Å². The van der Waals surface area contributed by atoms with Gasteiger partial charge in [0.25, 0.3) is 0 Å². The number of nitrogens with one attached hydrogen (secondary N) is 1. The minimum absolute atomic E-state index is 0.0186. The maximum Gasteiger partial charge on any atom is 0.335 e. The molecule has 202 valence electrons. The van der Waals surface area contributed by atoms with Crippen molar-refractivity contribution in [1.82, 2.24) is 8.96 Å². The van der Waals surface area contributed by atoms with E-state index < -0.39 is 22.0 Å². The molecule has 0 aliphatic rings. The van der Waals surface area contributed by atoms with Gasteiger partial charge in [0, 0.05) is 37.7 Å². The van der Waals surface area contributed by atoms with Crippen LogP contribution in [0.3, 0.4) is 0 Å². The van der Waals surface area contributed by atoms with Crippen LogP contribution in [0.25, 0.3) is 17.3 Å². The third kappa shape index (κ3) is 7.63. The summed E-state index contributed by atoms with van der Waals surface area (Å²) >= 11 is 0. The van der Waals surface area contributed by atoms with E-state index in [0.717, 1.165) is 28.4 Å². The van der Waals surface area contributed by atoms with Gasteiger partial charge in [-0.1, -0.05) is 48.6 Å². The zero-order valence-corrected chi connectivity index (χ0v) is 21.9. The van der Waals surface area contributed by atoms with Crippen molar-refractivity contribution in [3.8, 4) is 11.3 Å². The van der Waals surface area contributed by atoms with Crippen LogP contribution in [-0.4, -0.2) is 52.3 Å². The topological polar surface area (TPSA) is 165 Å². The zero-order valence-electron chi connectivity index (χ0n) is 21.1. The Morgan fingerprint density at radius 1 is 1.00 bits per heavy atom. The Hall–Kier alpha value is -4.74. The number of benzene rings is 2. The Bertz CT molecular complexity index is 1550. The van der Waals surface area contributed by atoms with Gasteiger partial charge in [0.2, 0.25) is 10.0 Å². The molecule has 4 aromatic rings. The van der Waals surface area contributed by atoms with Gasteiger partial charge in [0.05, 0.1) is 28.3 Å². The third-order valence-electron chi connectivity index (χ3n) is 5.55. The molecule has 0 aliphatic carbocycles. The molecule has 0 bridgehead atoms. The Balaban J connectivity index is 0.000000293. The minimum Gasteiger partial charge on any atom is -0.478 e. The van der Waals surface area contributed by atoms with Crippen molar-refractivity contribution >= 4 is 33.7 Å². The van der Waals surface area contributed by atoms with Crippen LogP contribution < -0.4 is 11.1 Å². The number of carboxylic acid groups (broad SMARTS) is 2. The summed E-state index contributed by atoms with van der Waals surface area (Å²) in [5.41, 5.74) is 9.66. The molecule has 0 radical (unpaired) electrons. The van der Waals surface area contributed by atoms with Crippen LogP contribution in [0.2, 0.25) is 0 Å². The molecule has 0 amide bonds. The standard InChI is InChI=1S/C20H22N4O2S.C8H6O4/c1-22-18-12-20(19-9-3-2-8-17(19)13-21)24(15-18)27(25,26)11-5-7-16-6-4-10-23-14-16;9-7(10)5-2-1-3-6(4-5)8(11)12/h2-10,12,14-15,22H,11,13,21H2,1H3;1-4H,(H,9,10)(H,11,12). The first-order valence-electron chi connectivity index (χ1n) is 11.7. The monoisotopic (exact) mass is 548 g/mol. The second-order valence-electron chi connectivity index (χ2n) is 8.18. The molecule has 2 aromatic heterocycles. The van der Waals surface area contributed by atoms with Crippen LogP contribution in [0.4, 0.5) is 5.69 Å². The second-order valence-corrected chi connectivity index (χ2v) is 10.1. The van der Waals surface area contributed by atoms with E-state index in [1.54, 1.807) is 43.9 Å². The first-order chi connectivity index (χ1) is 18.7. The Labute approximate surface area is 226 Å². The number of carboxylic acids is 2. The normalized spacial score (nSPS) is 11.0. The number of carbonyl (C=O) groups is 2. The van der Waals surface area contributed by atoms with Crippen molar-refractivity contribution in [3.63, 3.8) is 0 Å². The lowest BCUT2D eigenvalue weighted by molar-refractivity contribution is 0.0696. The zero-order chi connectivity index (χ0) is 28.4. The van der Waals surface area contributed by atoms with E-state index in [4.69, 9.17) is 15.9 Å². The summed E-state index contributed by atoms with van der Waals surface area (Å²) in [6, 6.07) is 18.2. The lowest BCUT2D eigenvalue weighted by Gasteiger charge is -2.12. The lowest BCUT2D eigenvalue weighted by Crippen LogP contribution is -2.16. The van der Waals surface area contributed by atoms with Crippen molar-refractivity contribution < 1.29 is 28.2 Å². The molecule has 39 heavy (non-hydrogen) atoms. The van der Waals surface area contributed by atoms with Gasteiger partial charge in [-0.05, 0) is 41.5 Å². The van der Waals surface area contributed by atoms with E-state index in [-0.39, 0.29) is 16.9 Å². The fraction of sp³-hybridized carbons (Fsp3) is 0.107. The van der Waals surface area contributed by atoms with Gasteiger partial charge >= 0.3 is 11.9 Å². The maximum absolute atomic E-state index is 13.0. The van der Waals surface area contributed by atoms with Crippen LogP contribution in [0, 0.1) is 0 Å². The van der Waals surface area contributed by atoms with Crippen molar-refractivity contribution in [1.29, 1.82) is 0 Å². The Morgan fingerprint density at radius 2 is 1.69 bits per heavy atom. The van der Waals surface area contributed by atoms with Gasteiger partial charge in [-0.3, -0.25) is 4.98 Å². The third-order valence-corrected chi connectivity index (χ3v) is 7.06. The van der Waals surface area contributed by atoms with Gasteiger partial charge in [-0.25, -0.2) is 22.0 Å². The van der Waals surface area contributed by atoms with E-state index in [2.05, 4.69) is 10.3 Å². The van der Waals surface area contributed by atoms with Crippen LogP contribution in [-0.2, 0) is 16.6 Å². The van der Waals surface area contributed by atoms with Crippen molar-refractivity contribution in [2.24, 2.45) is 5.73 Å². The van der Waals surface area contributed by atoms with E-state index in [0.29, 0.717) is 12.2 Å².